The van der Waals surface area contributed by atoms with Gasteiger partial charge in [0, 0.05) is 49.4 Å². The lowest BCUT2D eigenvalue weighted by atomic mass is 10.1. The molecule has 178 valence electrons. The van der Waals surface area contributed by atoms with Crippen LogP contribution >= 0.6 is 0 Å². The third kappa shape index (κ3) is 5.92. The zero-order chi connectivity index (χ0) is 23.9. The van der Waals surface area contributed by atoms with Crippen molar-refractivity contribution >= 4 is 34.5 Å². The first kappa shape index (κ1) is 23.7. The minimum absolute atomic E-state index is 0.338. The Bertz CT molecular complexity index is 1160. The predicted octanol–water partition coefficient (Wildman–Crippen LogP) is 3.59. The number of pyridine rings is 2. The van der Waals surface area contributed by atoms with E-state index in [0.717, 1.165) is 47.4 Å². The van der Waals surface area contributed by atoms with E-state index in [1.54, 1.807) is 12.4 Å². The summed E-state index contributed by atoms with van der Waals surface area (Å²) in [4.78, 5) is 11.6. The molecule has 0 aromatic carbocycles. The van der Waals surface area contributed by atoms with E-state index in [2.05, 4.69) is 51.5 Å². The third-order valence-corrected chi connectivity index (χ3v) is 5.85. The van der Waals surface area contributed by atoms with Gasteiger partial charge in [0.2, 0.25) is 0 Å². The van der Waals surface area contributed by atoms with Crippen LogP contribution in [0.15, 0.2) is 42.9 Å². The van der Waals surface area contributed by atoms with E-state index in [-0.39, 0.29) is 0 Å². The van der Waals surface area contributed by atoms with Crippen molar-refractivity contribution in [2.45, 2.75) is 32.8 Å². The molecule has 0 amide bonds. The maximum atomic E-state index is 7.84. The summed E-state index contributed by atoms with van der Waals surface area (Å²) in [5, 5.41) is 22.5. The number of nitrogens with zero attached hydrogens (tertiary/aromatic N) is 5. The number of rotatable bonds is 11. The average Bonchev–Trinajstić information content (AvgIpc) is 2.82. The number of allylic oxidation sites excluding steroid dienone is 1. The van der Waals surface area contributed by atoms with Gasteiger partial charge in [-0.05, 0) is 42.3 Å². The van der Waals surface area contributed by atoms with Gasteiger partial charge in [-0.2, -0.15) is 5.10 Å². The van der Waals surface area contributed by atoms with Gasteiger partial charge in [-0.25, -0.2) is 4.98 Å². The molecule has 0 bridgehead atoms. The molecule has 0 spiro atoms. The summed E-state index contributed by atoms with van der Waals surface area (Å²) in [7, 11) is 0. The molecule has 0 aliphatic carbocycles. The fourth-order valence-corrected chi connectivity index (χ4v) is 3.68. The van der Waals surface area contributed by atoms with Crippen molar-refractivity contribution in [3.8, 4) is 0 Å². The second-order valence-corrected chi connectivity index (χ2v) is 8.66. The van der Waals surface area contributed by atoms with Crippen LogP contribution in [-0.2, 0) is 4.74 Å². The lowest BCUT2D eigenvalue weighted by Crippen LogP contribution is -2.52. The number of anilines is 2. The van der Waals surface area contributed by atoms with E-state index in [1.807, 2.05) is 30.5 Å². The molecule has 1 aliphatic heterocycles. The Hall–Kier alpha value is -3.43. The van der Waals surface area contributed by atoms with E-state index >= 15 is 0 Å². The van der Waals surface area contributed by atoms with Gasteiger partial charge < -0.3 is 20.8 Å². The number of hydrogen-bond donors (Lipinski definition) is 3. The molecule has 0 atom stereocenters. The van der Waals surface area contributed by atoms with E-state index in [0.29, 0.717) is 36.8 Å². The molecule has 4 heterocycles. The molecule has 3 aromatic heterocycles. The normalized spacial score (nSPS) is 14.9. The zero-order valence-corrected chi connectivity index (χ0v) is 20.0. The van der Waals surface area contributed by atoms with Crippen molar-refractivity contribution in [3.63, 3.8) is 0 Å². The Morgan fingerprint density at radius 2 is 2.06 bits per heavy atom. The molecule has 0 unspecified atom stereocenters. The second kappa shape index (κ2) is 11.1. The summed E-state index contributed by atoms with van der Waals surface area (Å²) in [5.41, 5.74) is 4.17. The van der Waals surface area contributed by atoms with Crippen molar-refractivity contribution in [3.05, 3.63) is 54.0 Å². The van der Waals surface area contributed by atoms with E-state index in [9.17, 15) is 0 Å². The van der Waals surface area contributed by atoms with Gasteiger partial charge >= 0.3 is 0 Å². The highest BCUT2D eigenvalue weighted by atomic mass is 16.5. The number of likely N-dealkylation sites (N-methyl/N-ethyl adjacent to an activating group) is 1. The number of fused-ring (bicyclic) bond motifs is 1. The Morgan fingerprint density at radius 3 is 2.82 bits per heavy atom. The largest absolute Gasteiger partial charge is 0.388 e. The Labute approximate surface area is 200 Å². The van der Waals surface area contributed by atoms with Crippen LogP contribution in [0.3, 0.4) is 0 Å². The predicted molar refractivity (Wildman–Crippen MR) is 136 cm³/mol. The minimum Gasteiger partial charge on any atom is -0.388 e. The molecule has 3 N–H and O–H groups in total. The lowest BCUT2D eigenvalue weighted by Gasteiger charge is -2.38. The maximum Gasteiger partial charge on any atom is 0.154 e. The molecular weight excluding hydrogens is 428 g/mol. The molecule has 3 aromatic rings. The SMILES string of the molecule is CCN1CC(OCCN/C=C(\C=N)c2cnc3ccc(Nc4cc(C(C)C)cnn4)nc3c2)C1. The molecule has 1 aliphatic rings. The number of hydrogen-bond acceptors (Lipinski definition) is 9. The first-order valence-corrected chi connectivity index (χ1v) is 11.7. The van der Waals surface area contributed by atoms with Gasteiger partial charge in [0.05, 0.1) is 29.9 Å². The van der Waals surface area contributed by atoms with Crippen molar-refractivity contribution in [1.82, 2.24) is 30.4 Å². The standard InChI is InChI=1S/C25H32N8O/c1-4-33-15-21(16-33)34-8-7-27-12-20(11-26)19-9-23-22(28-13-19)5-6-24(30-23)31-25-10-18(17(2)3)14-29-32-25/h5-6,9-14,17,21,26-27H,4,7-8,15-16H2,1-3H3,(H,30,31,32)/b20-12+,26-11?. The van der Waals surface area contributed by atoms with Crippen LogP contribution in [0.5, 0.6) is 0 Å². The maximum absolute atomic E-state index is 7.84. The average molecular weight is 461 g/mol. The minimum atomic E-state index is 0.338. The molecule has 4 rings (SSSR count). The zero-order valence-electron chi connectivity index (χ0n) is 20.0. The van der Waals surface area contributed by atoms with Crippen LogP contribution in [0.4, 0.5) is 11.6 Å². The first-order chi connectivity index (χ1) is 16.6. The van der Waals surface area contributed by atoms with Gasteiger partial charge in [-0.15, -0.1) is 5.10 Å². The molecule has 1 saturated heterocycles. The number of likely N-dealkylation sites (tertiary alicyclic amines) is 1. The summed E-state index contributed by atoms with van der Waals surface area (Å²) in [5.74, 6) is 1.68. The van der Waals surface area contributed by atoms with E-state index in [4.69, 9.17) is 15.1 Å². The number of aromatic nitrogens is 4. The van der Waals surface area contributed by atoms with Gasteiger partial charge in [-0.1, -0.05) is 20.8 Å². The fraction of sp³-hybridized carbons (Fsp3) is 0.400. The molecule has 9 nitrogen and oxygen atoms in total. The molecular formula is C25H32N8O. The highest BCUT2D eigenvalue weighted by Crippen LogP contribution is 2.21. The summed E-state index contributed by atoms with van der Waals surface area (Å²) >= 11 is 0. The van der Waals surface area contributed by atoms with Crippen LogP contribution in [0.25, 0.3) is 16.6 Å². The third-order valence-electron chi connectivity index (χ3n) is 5.85. The number of nitrogens with one attached hydrogen (secondary N) is 3. The quantitative estimate of drug-likeness (QED) is 0.294. The molecule has 0 radical (unpaired) electrons. The summed E-state index contributed by atoms with van der Waals surface area (Å²) in [6, 6.07) is 7.70. The summed E-state index contributed by atoms with van der Waals surface area (Å²) in [6.07, 6.45) is 7.02. The van der Waals surface area contributed by atoms with Crippen molar-refractivity contribution in [2.24, 2.45) is 0 Å². The first-order valence-electron chi connectivity index (χ1n) is 11.7. The van der Waals surface area contributed by atoms with E-state index in [1.165, 1.54) is 6.21 Å². The highest BCUT2D eigenvalue weighted by molar-refractivity contribution is 6.08. The van der Waals surface area contributed by atoms with Crippen LogP contribution in [0.1, 0.15) is 37.8 Å². The van der Waals surface area contributed by atoms with Gasteiger partial charge in [0.25, 0.3) is 0 Å². The van der Waals surface area contributed by atoms with Crippen molar-refractivity contribution in [1.29, 1.82) is 5.41 Å². The highest BCUT2D eigenvalue weighted by Gasteiger charge is 2.25. The summed E-state index contributed by atoms with van der Waals surface area (Å²) < 4.78 is 5.84. The second-order valence-electron chi connectivity index (χ2n) is 8.66. The molecule has 0 saturated carbocycles. The van der Waals surface area contributed by atoms with Crippen LogP contribution in [0.2, 0.25) is 0 Å². The van der Waals surface area contributed by atoms with Gasteiger partial charge in [0.15, 0.2) is 5.82 Å². The number of ether oxygens (including phenoxy) is 1. The monoisotopic (exact) mass is 460 g/mol. The van der Waals surface area contributed by atoms with Crippen molar-refractivity contribution < 1.29 is 4.74 Å². The van der Waals surface area contributed by atoms with E-state index < -0.39 is 0 Å². The fourth-order valence-electron chi connectivity index (χ4n) is 3.68. The molecule has 9 heteroatoms. The van der Waals surface area contributed by atoms with Gasteiger partial charge in [0.1, 0.15) is 5.82 Å². The smallest absolute Gasteiger partial charge is 0.154 e. The van der Waals surface area contributed by atoms with Gasteiger partial charge in [-0.3, -0.25) is 9.88 Å². The van der Waals surface area contributed by atoms with Crippen LogP contribution < -0.4 is 10.6 Å². The molecule has 1 fully saturated rings. The Morgan fingerprint density at radius 1 is 1.21 bits per heavy atom. The topological polar surface area (TPSA) is 112 Å². The summed E-state index contributed by atoms with van der Waals surface area (Å²) in [6.45, 7) is 10.8. The Balaban J connectivity index is 1.40. The van der Waals surface area contributed by atoms with Crippen molar-refractivity contribution in [2.75, 3.05) is 38.1 Å². The molecule has 34 heavy (non-hydrogen) atoms. The Kier molecular flexibility index (Phi) is 7.76. The van der Waals surface area contributed by atoms with Crippen LogP contribution in [0, 0.1) is 5.41 Å². The lowest BCUT2D eigenvalue weighted by molar-refractivity contribution is -0.0499. The van der Waals surface area contributed by atoms with Crippen LogP contribution in [-0.4, -0.2) is 70.2 Å².